The van der Waals surface area contributed by atoms with E-state index in [0.29, 0.717) is 12.6 Å². The lowest BCUT2D eigenvalue weighted by Crippen LogP contribution is -2.45. The maximum atomic E-state index is 5.95. The second kappa shape index (κ2) is 6.04. The standard InChI is InChI=1S/C14H22BrN3/c1-11-4-5-12(8-14(11)15)18-7-3-6-17(2)10-13(18)9-16/h4-5,8,13H,3,6-7,9-10,16H2,1-2H3. The van der Waals surface area contributed by atoms with Crippen molar-refractivity contribution >= 4 is 21.6 Å². The highest BCUT2D eigenvalue weighted by molar-refractivity contribution is 9.10. The zero-order chi connectivity index (χ0) is 13.1. The monoisotopic (exact) mass is 311 g/mol. The largest absolute Gasteiger partial charge is 0.366 e. The summed E-state index contributed by atoms with van der Waals surface area (Å²) in [6.45, 7) is 6.10. The van der Waals surface area contributed by atoms with Crippen molar-refractivity contribution in [1.82, 2.24) is 4.90 Å². The van der Waals surface area contributed by atoms with Crippen LogP contribution in [0.1, 0.15) is 12.0 Å². The molecule has 4 heteroatoms. The van der Waals surface area contributed by atoms with E-state index in [4.69, 9.17) is 5.73 Å². The summed E-state index contributed by atoms with van der Waals surface area (Å²) in [6.07, 6.45) is 1.19. The number of nitrogens with two attached hydrogens (primary N) is 1. The fourth-order valence-corrected chi connectivity index (χ4v) is 2.91. The second-order valence-electron chi connectivity index (χ2n) is 5.13. The summed E-state index contributed by atoms with van der Waals surface area (Å²) in [6, 6.07) is 6.99. The van der Waals surface area contributed by atoms with Crippen LogP contribution in [0.4, 0.5) is 5.69 Å². The number of halogens is 1. The predicted octanol–water partition coefficient (Wildman–Crippen LogP) is 2.23. The third kappa shape index (κ3) is 3.05. The van der Waals surface area contributed by atoms with Crippen LogP contribution in [-0.4, -0.2) is 44.2 Å². The van der Waals surface area contributed by atoms with Crippen molar-refractivity contribution in [2.24, 2.45) is 5.73 Å². The molecule has 2 N–H and O–H groups in total. The first-order valence-corrected chi connectivity index (χ1v) is 7.32. The van der Waals surface area contributed by atoms with Crippen molar-refractivity contribution in [1.29, 1.82) is 0 Å². The van der Waals surface area contributed by atoms with E-state index < -0.39 is 0 Å². The van der Waals surface area contributed by atoms with Gasteiger partial charge >= 0.3 is 0 Å². The predicted molar refractivity (Wildman–Crippen MR) is 81.2 cm³/mol. The van der Waals surface area contributed by atoms with Crippen LogP contribution in [0.3, 0.4) is 0 Å². The molecule has 3 nitrogen and oxygen atoms in total. The van der Waals surface area contributed by atoms with E-state index in [0.717, 1.165) is 19.6 Å². The minimum absolute atomic E-state index is 0.409. The second-order valence-corrected chi connectivity index (χ2v) is 5.99. The Morgan fingerprint density at radius 2 is 2.17 bits per heavy atom. The van der Waals surface area contributed by atoms with Gasteiger partial charge in [0.15, 0.2) is 0 Å². The average molecular weight is 312 g/mol. The van der Waals surface area contributed by atoms with Gasteiger partial charge in [-0.05, 0) is 44.6 Å². The van der Waals surface area contributed by atoms with Gasteiger partial charge in [-0.15, -0.1) is 0 Å². The Bertz CT molecular complexity index is 408. The molecule has 1 fully saturated rings. The third-order valence-electron chi connectivity index (χ3n) is 3.66. The number of hydrogen-bond acceptors (Lipinski definition) is 3. The minimum Gasteiger partial charge on any atom is -0.366 e. The van der Waals surface area contributed by atoms with Gasteiger partial charge in [-0.2, -0.15) is 0 Å². The number of likely N-dealkylation sites (N-methyl/N-ethyl adjacent to an activating group) is 1. The van der Waals surface area contributed by atoms with Crippen LogP contribution in [0.5, 0.6) is 0 Å². The summed E-state index contributed by atoms with van der Waals surface area (Å²) in [5.74, 6) is 0. The molecule has 0 radical (unpaired) electrons. The van der Waals surface area contributed by atoms with Crippen LogP contribution in [0, 0.1) is 6.92 Å². The van der Waals surface area contributed by atoms with Crippen molar-refractivity contribution in [3.8, 4) is 0 Å². The molecule has 1 atom stereocenters. The molecular formula is C14H22BrN3. The van der Waals surface area contributed by atoms with Gasteiger partial charge in [0.2, 0.25) is 0 Å². The fourth-order valence-electron chi connectivity index (χ4n) is 2.55. The Kier molecular flexibility index (Phi) is 4.65. The van der Waals surface area contributed by atoms with Crippen LogP contribution in [0.25, 0.3) is 0 Å². The Morgan fingerprint density at radius 1 is 1.39 bits per heavy atom. The normalized spacial score (nSPS) is 22.0. The highest BCUT2D eigenvalue weighted by Crippen LogP contribution is 2.26. The number of nitrogens with zero attached hydrogens (tertiary/aromatic N) is 2. The van der Waals surface area contributed by atoms with Crippen LogP contribution in [-0.2, 0) is 0 Å². The summed E-state index contributed by atoms with van der Waals surface area (Å²) in [5, 5.41) is 0. The molecule has 0 saturated carbocycles. The zero-order valence-electron chi connectivity index (χ0n) is 11.2. The first kappa shape index (κ1) is 13.8. The molecule has 0 aromatic heterocycles. The number of benzene rings is 1. The SMILES string of the molecule is Cc1ccc(N2CCCN(C)CC2CN)cc1Br. The highest BCUT2D eigenvalue weighted by Gasteiger charge is 2.22. The topological polar surface area (TPSA) is 32.5 Å². The van der Waals surface area contributed by atoms with E-state index in [-0.39, 0.29) is 0 Å². The van der Waals surface area contributed by atoms with Gasteiger partial charge in [-0.3, -0.25) is 0 Å². The fraction of sp³-hybridized carbons (Fsp3) is 0.571. The molecule has 1 aliphatic heterocycles. The van der Waals surface area contributed by atoms with Crippen LogP contribution >= 0.6 is 15.9 Å². The first-order valence-electron chi connectivity index (χ1n) is 6.53. The zero-order valence-corrected chi connectivity index (χ0v) is 12.8. The molecule has 0 amide bonds. The van der Waals surface area contributed by atoms with Gasteiger partial charge < -0.3 is 15.5 Å². The van der Waals surface area contributed by atoms with Crippen molar-refractivity contribution in [2.75, 3.05) is 38.1 Å². The van der Waals surface area contributed by atoms with E-state index >= 15 is 0 Å². The van der Waals surface area contributed by atoms with E-state index in [2.05, 4.69) is 57.9 Å². The summed E-state index contributed by atoms with van der Waals surface area (Å²) in [5.41, 5.74) is 8.50. The molecular weight excluding hydrogens is 290 g/mol. The van der Waals surface area contributed by atoms with Crippen LogP contribution in [0.15, 0.2) is 22.7 Å². The molecule has 1 saturated heterocycles. The lowest BCUT2D eigenvalue weighted by molar-refractivity contribution is 0.332. The van der Waals surface area contributed by atoms with Gasteiger partial charge in [0, 0.05) is 29.8 Å². The quantitative estimate of drug-likeness (QED) is 0.909. The molecule has 18 heavy (non-hydrogen) atoms. The Labute approximate surface area is 118 Å². The summed E-state index contributed by atoms with van der Waals surface area (Å²) < 4.78 is 1.17. The van der Waals surface area contributed by atoms with Crippen molar-refractivity contribution in [3.05, 3.63) is 28.2 Å². The number of aryl methyl sites for hydroxylation is 1. The summed E-state index contributed by atoms with van der Waals surface area (Å²) in [7, 11) is 2.18. The summed E-state index contributed by atoms with van der Waals surface area (Å²) in [4.78, 5) is 4.83. The number of anilines is 1. The van der Waals surface area contributed by atoms with Crippen molar-refractivity contribution < 1.29 is 0 Å². The maximum Gasteiger partial charge on any atom is 0.0539 e. The molecule has 0 bridgehead atoms. The maximum absolute atomic E-state index is 5.95. The van der Waals surface area contributed by atoms with Crippen molar-refractivity contribution in [3.63, 3.8) is 0 Å². The van der Waals surface area contributed by atoms with E-state index in [1.807, 2.05) is 0 Å². The Balaban J connectivity index is 2.25. The van der Waals surface area contributed by atoms with E-state index in [9.17, 15) is 0 Å². The van der Waals surface area contributed by atoms with Gasteiger partial charge in [0.05, 0.1) is 6.04 Å². The Morgan fingerprint density at radius 3 is 2.83 bits per heavy atom. The molecule has 1 heterocycles. The van der Waals surface area contributed by atoms with Gasteiger partial charge in [-0.1, -0.05) is 22.0 Å². The third-order valence-corrected chi connectivity index (χ3v) is 4.52. The molecule has 2 rings (SSSR count). The van der Waals surface area contributed by atoms with E-state index in [1.165, 1.54) is 22.1 Å². The smallest absolute Gasteiger partial charge is 0.0539 e. The number of hydrogen-bond donors (Lipinski definition) is 1. The van der Waals surface area contributed by atoms with Gasteiger partial charge in [0.1, 0.15) is 0 Å². The molecule has 1 aromatic rings. The lowest BCUT2D eigenvalue weighted by Gasteiger charge is -2.32. The first-order chi connectivity index (χ1) is 8.61. The molecule has 100 valence electrons. The molecule has 1 aliphatic rings. The highest BCUT2D eigenvalue weighted by atomic mass is 79.9. The minimum atomic E-state index is 0.409. The Hall–Kier alpha value is -0.580. The van der Waals surface area contributed by atoms with Gasteiger partial charge in [0.25, 0.3) is 0 Å². The van der Waals surface area contributed by atoms with Gasteiger partial charge in [-0.25, -0.2) is 0 Å². The molecule has 1 unspecified atom stereocenters. The molecule has 1 aromatic carbocycles. The molecule has 0 aliphatic carbocycles. The lowest BCUT2D eigenvalue weighted by atomic mass is 10.1. The number of rotatable bonds is 2. The van der Waals surface area contributed by atoms with E-state index in [1.54, 1.807) is 0 Å². The summed E-state index contributed by atoms with van der Waals surface area (Å²) >= 11 is 3.62. The molecule has 0 spiro atoms. The van der Waals surface area contributed by atoms with Crippen LogP contribution in [0.2, 0.25) is 0 Å². The van der Waals surface area contributed by atoms with Crippen molar-refractivity contribution in [2.45, 2.75) is 19.4 Å². The average Bonchev–Trinajstić information content (AvgIpc) is 2.54. The van der Waals surface area contributed by atoms with Crippen LogP contribution < -0.4 is 10.6 Å².